The Bertz CT molecular complexity index is 721. The lowest BCUT2D eigenvalue weighted by Gasteiger charge is -2.11. The number of halogens is 1. The van der Waals surface area contributed by atoms with Crippen LogP contribution in [0, 0.1) is 17.1 Å². The highest BCUT2D eigenvalue weighted by atomic mass is 19.1. The third-order valence-corrected chi connectivity index (χ3v) is 3.66. The van der Waals surface area contributed by atoms with Gasteiger partial charge in [0, 0.05) is 6.42 Å². The molecule has 21 heavy (non-hydrogen) atoms. The molecule has 2 N–H and O–H groups in total. The van der Waals surface area contributed by atoms with Crippen LogP contribution in [0.4, 0.5) is 4.39 Å². The summed E-state index contributed by atoms with van der Waals surface area (Å²) >= 11 is 0. The van der Waals surface area contributed by atoms with Gasteiger partial charge in [0.05, 0.1) is 25.3 Å². The fourth-order valence-electron chi connectivity index (χ4n) is 2.67. The summed E-state index contributed by atoms with van der Waals surface area (Å²) < 4.78 is 19.0. The molecule has 1 atom stereocenters. The highest BCUT2D eigenvalue weighted by molar-refractivity contribution is 5.71. The summed E-state index contributed by atoms with van der Waals surface area (Å²) in [4.78, 5) is 0. The minimum absolute atomic E-state index is 0.252. The average molecular weight is 282 g/mol. The molecule has 3 rings (SSSR count). The number of benzene rings is 2. The van der Waals surface area contributed by atoms with Crippen molar-refractivity contribution in [1.29, 1.82) is 5.26 Å². The topological polar surface area (TPSA) is 59.0 Å². The fraction of sp³-hybridized carbons (Fsp3) is 0.235. The van der Waals surface area contributed by atoms with Gasteiger partial charge in [0.1, 0.15) is 5.82 Å². The van der Waals surface area contributed by atoms with E-state index in [1.165, 1.54) is 12.1 Å². The highest BCUT2D eigenvalue weighted by Gasteiger charge is 2.16. The molecule has 1 heterocycles. The van der Waals surface area contributed by atoms with E-state index >= 15 is 0 Å². The molecule has 1 unspecified atom stereocenters. The molecule has 0 radical (unpaired) electrons. The van der Waals surface area contributed by atoms with Crippen LogP contribution < -0.4 is 5.73 Å². The van der Waals surface area contributed by atoms with Gasteiger partial charge < -0.3 is 10.5 Å². The third-order valence-electron chi connectivity index (χ3n) is 3.66. The van der Waals surface area contributed by atoms with Gasteiger partial charge in [0.2, 0.25) is 0 Å². The predicted molar refractivity (Wildman–Crippen MR) is 77.6 cm³/mol. The Labute approximate surface area is 122 Å². The monoisotopic (exact) mass is 282 g/mol. The molecule has 0 amide bonds. The third kappa shape index (κ3) is 2.80. The second-order valence-electron chi connectivity index (χ2n) is 5.23. The summed E-state index contributed by atoms with van der Waals surface area (Å²) in [5.74, 6) is -0.252. The maximum Gasteiger partial charge on any atom is 0.123 e. The van der Waals surface area contributed by atoms with Gasteiger partial charge in [0.25, 0.3) is 0 Å². The number of fused-ring (bicyclic) bond motifs is 3. The maximum absolute atomic E-state index is 13.3. The van der Waals surface area contributed by atoms with Crippen molar-refractivity contribution in [1.82, 2.24) is 0 Å². The fourth-order valence-corrected chi connectivity index (χ4v) is 2.67. The zero-order valence-electron chi connectivity index (χ0n) is 11.5. The Kier molecular flexibility index (Phi) is 3.70. The van der Waals surface area contributed by atoms with Crippen LogP contribution >= 0.6 is 0 Å². The summed E-state index contributed by atoms with van der Waals surface area (Å²) in [5, 5.41) is 8.80. The number of ether oxygens (including phenoxy) is 1. The molecule has 4 heteroatoms. The number of hydrogen-bond acceptors (Lipinski definition) is 3. The molecule has 0 saturated carbocycles. The van der Waals surface area contributed by atoms with Crippen molar-refractivity contribution in [3.05, 3.63) is 58.9 Å². The smallest absolute Gasteiger partial charge is 0.123 e. The van der Waals surface area contributed by atoms with Crippen LogP contribution in [0.1, 0.15) is 16.7 Å². The van der Waals surface area contributed by atoms with Gasteiger partial charge >= 0.3 is 0 Å². The zero-order valence-corrected chi connectivity index (χ0v) is 11.5. The van der Waals surface area contributed by atoms with Gasteiger partial charge in [-0.3, -0.25) is 0 Å². The normalized spacial score (nSPS) is 14.5. The molecule has 1 aliphatic rings. The van der Waals surface area contributed by atoms with Crippen molar-refractivity contribution in [2.24, 2.45) is 5.73 Å². The van der Waals surface area contributed by atoms with Crippen molar-refractivity contribution in [2.75, 3.05) is 0 Å². The van der Waals surface area contributed by atoms with Gasteiger partial charge in [0.15, 0.2) is 0 Å². The summed E-state index contributed by atoms with van der Waals surface area (Å²) in [5.41, 5.74) is 10.6. The molecule has 1 aliphatic heterocycles. The largest absolute Gasteiger partial charge is 0.372 e. The van der Waals surface area contributed by atoms with E-state index in [0.717, 1.165) is 27.8 Å². The van der Waals surface area contributed by atoms with Crippen LogP contribution in [-0.4, -0.2) is 6.04 Å². The standard InChI is InChI=1S/C17H15FN2O/c18-14-2-4-17-13(7-14)10-21-9-12-5-11(1-3-16(12)17)6-15(20)8-19/h1-5,7,15H,6,9-10,20H2. The first kappa shape index (κ1) is 13.7. The van der Waals surface area contributed by atoms with Gasteiger partial charge in [-0.1, -0.05) is 24.3 Å². The number of rotatable bonds is 2. The second-order valence-corrected chi connectivity index (χ2v) is 5.23. The van der Waals surface area contributed by atoms with Gasteiger partial charge in [-0.15, -0.1) is 0 Å². The number of nitriles is 1. The average Bonchev–Trinajstić information content (AvgIpc) is 2.65. The summed E-state index contributed by atoms with van der Waals surface area (Å²) in [7, 11) is 0. The Balaban J connectivity index is 2.02. The Hall–Kier alpha value is -2.22. The first-order valence-corrected chi connectivity index (χ1v) is 6.81. The van der Waals surface area contributed by atoms with Crippen molar-refractivity contribution in [3.8, 4) is 17.2 Å². The van der Waals surface area contributed by atoms with E-state index in [9.17, 15) is 4.39 Å². The number of nitrogens with zero attached hydrogens (tertiary/aromatic N) is 1. The Morgan fingerprint density at radius 2 is 1.81 bits per heavy atom. The summed E-state index contributed by atoms with van der Waals surface area (Å²) in [6.45, 7) is 0.871. The molecule has 0 spiro atoms. The highest BCUT2D eigenvalue weighted by Crippen LogP contribution is 2.32. The molecular weight excluding hydrogens is 267 g/mol. The van der Waals surface area contributed by atoms with E-state index in [2.05, 4.69) is 0 Å². The summed E-state index contributed by atoms with van der Waals surface area (Å²) in [6.07, 6.45) is 0.514. The van der Waals surface area contributed by atoms with Gasteiger partial charge in [-0.2, -0.15) is 5.26 Å². The van der Waals surface area contributed by atoms with Crippen molar-refractivity contribution in [3.63, 3.8) is 0 Å². The SMILES string of the molecule is N#CC(N)Cc1ccc2c(c1)COCc1cc(F)ccc1-2. The van der Waals surface area contributed by atoms with E-state index in [1.54, 1.807) is 6.07 Å². The minimum atomic E-state index is -0.504. The number of hydrogen-bond donors (Lipinski definition) is 1. The molecular formula is C17H15FN2O. The van der Waals surface area contributed by atoms with E-state index in [-0.39, 0.29) is 5.82 Å². The molecule has 0 saturated heterocycles. The lowest BCUT2D eigenvalue weighted by molar-refractivity contribution is 0.109. The quantitative estimate of drug-likeness (QED) is 0.921. The first-order chi connectivity index (χ1) is 10.2. The maximum atomic E-state index is 13.3. The van der Waals surface area contributed by atoms with E-state index in [0.29, 0.717) is 19.6 Å². The molecule has 0 aliphatic carbocycles. The van der Waals surface area contributed by atoms with E-state index in [4.69, 9.17) is 15.7 Å². The minimum Gasteiger partial charge on any atom is -0.372 e. The van der Waals surface area contributed by atoms with Gasteiger partial charge in [-0.05, 0) is 39.9 Å². The number of nitrogens with two attached hydrogens (primary N) is 1. The molecule has 106 valence electrons. The molecule has 0 fully saturated rings. The van der Waals surface area contributed by atoms with Crippen LogP contribution in [0.2, 0.25) is 0 Å². The van der Waals surface area contributed by atoms with Crippen molar-refractivity contribution >= 4 is 0 Å². The van der Waals surface area contributed by atoms with Crippen LogP contribution in [0.3, 0.4) is 0 Å². The molecule has 2 aromatic rings. The van der Waals surface area contributed by atoms with E-state index < -0.39 is 6.04 Å². The second kappa shape index (κ2) is 5.65. The lowest BCUT2D eigenvalue weighted by atomic mass is 9.94. The molecule has 0 bridgehead atoms. The van der Waals surface area contributed by atoms with Crippen LogP contribution in [-0.2, 0) is 24.4 Å². The van der Waals surface area contributed by atoms with Crippen molar-refractivity contribution < 1.29 is 9.13 Å². The Morgan fingerprint density at radius 3 is 2.52 bits per heavy atom. The Morgan fingerprint density at radius 1 is 1.14 bits per heavy atom. The van der Waals surface area contributed by atoms with Crippen LogP contribution in [0.5, 0.6) is 0 Å². The first-order valence-electron chi connectivity index (χ1n) is 6.81. The van der Waals surface area contributed by atoms with Crippen LogP contribution in [0.25, 0.3) is 11.1 Å². The van der Waals surface area contributed by atoms with Crippen LogP contribution in [0.15, 0.2) is 36.4 Å². The predicted octanol–water partition coefficient (Wildman–Crippen LogP) is 2.92. The molecule has 3 nitrogen and oxygen atoms in total. The summed E-state index contributed by atoms with van der Waals surface area (Å²) in [6, 6.07) is 12.3. The molecule has 2 aromatic carbocycles. The zero-order chi connectivity index (χ0) is 14.8. The van der Waals surface area contributed by atoms with E-state index in [1.807, 2.05) is 24.3 Å². The molecule has 0 aromatic heterocycles. The van der Waals surface area contributed by atoms with Crippen molar-refractivity contribution in [2.45, 2.75) is 25.7 Å². The van der Waals surface area contributed by atoms with Gasteiger partial charge in [-0.25, -0.2) is 4.39 Å². The lowest BCUT2D eigenvalue weighted by Crippen LogP contribution is -2.20.